The second-order valence-corrected chi connectivity index (χ2v) is 5.89. The van der Waals surface area contributed by atoms with E-state index in [2.05, 4.69) is 10.8 Å². The number of carbonyl (C=O) groups is 2. The molecule has 0 saturated heterocycles. The third-order valence-electron chi connectivity index (χ3n) is 4.20. The van der Waals surface area contributed by atoms with Crippen molar-refractivity contribution in [3.63, 3.8) is 0 Å². The van der Waals surface area contributed by atoms with Crippen molar-refractivity contribution in [2.45, 2.75) is 13.0 Å². The number of ketones is 1. The molecule has 0 unspecified atom stereocenters. The number of hydrogen-bond donors (Lipinski definition) is 0. The van der Waals surface area contributed by atoms with Crippen LogP contribution in [0.25, 0.3) is 10.9 Å². The molecule has 6 nitrogen and oxygen atoms in total. The first kappa shape index (κ1) is 18.2. The predicted molar refractivity (Wildman–Crippen MR) is 99.8 cm³/mol. The van der Waals surface area contributed by atoms with Crippen molar-refractivity contribution in [1.82, 2.24) is 4.57 Å². The number of fused-ring (bicyclic) bond motifs is 1. The molecule has 3 aromatic rings. The average molecular weight is 362 g/mol. The van der Waals surface area contributed by atoms with E-state index < -0.39 is 5.97 Å². The molecular weight excluding hydrogens is 344 g/mol. The van der Waals surface area contributed by atoms with Crippen molar-refractivity contribution in [1.29, 1.82) is 5.26 Å². The molecule has 136 valence electrons. The van der Waals surface area contributed by atoms with Crippen molar-refractivity contribution in [3.05, 3.63) is 65.9 Å². The molecule has 0 atom stereocenters. The van der Waals surface area contributed by atoms with E-state index in [4.69, 9.17) is 10.00 Å². The molecule has 0 saturated carbocycles. The highest BCUT2D eigenvalue weighted by Crippen LogP contribution is 2.23. The number of methoxy groups -OCH3 is 1. The zero-order valence-electron chi connectivity index (χ0n) is 14.8. The Bertz CT molecular complexity index is 1010. The molecule has 0 bridgehead atoms. The number of ether oxygens (including phenoxy) is 2. The first-order valence-corrected chi connectivity index (χ1v) is 8.43. The molecule has 6 heteroatoms. The zero-order valence-corrected chi connectivity index (χ0v) is 14.8. The Kier molecular flexibility index (Phi) is 5.53. The maximum absolute atomic E-state index is 12.7. The van der Waals surface area contributed by atoms with Gasteiger partial charge in [-0.3, -0.25) is 4.79 Å². The van der Waals surface area contributed by atoms with E-state index >= 15 is 0 Å². The number of carbonyl (C=O) groups excluding carboxylic acids is 2. The maximum atomic E-state index is 12.7. The highest BCUT2D eigenvalue weighted by Gasteiger charge is 2.15. The van der Waals surface area contributed by atoms with Gasteiger partial charge in [0.25, 0.3) is 0 Å². The van der Waals surface area contributed by atoms with Gasteiger partial charge in [-0.25, -0.2) is 4.79 Å². The minimum atomic E-state index is -0.428. The van der Waals surface area contributed by atoms with Gasteiger partial charge < -0.3 is 14.0 Å². The van der Waals surface area contributed by atoms with E-state index in [9.17, 15) is 9.59 Å². The lowest BCUT2D eigenvalue weighted by Gasteiger charge is -2.06. The summed E-state index contributed by atoms with van der Waals surface area (Å²) in [6.07, 6.45) is 2.14. The smallest absolute Gasteiger partial charge is 0.337 e. The number of nitriles is 1. The van der Waals surface area contributed by atoms with Gasteiger partial charge in [0.1, 0.15) is 5.75 Å². The fraction of sp³-hybridized carbons (Fsp3) is 0.190. The number of esters is 1. The second-order valence-electron chi connectivity index (χ2n) is 5.89. The lowest BCUT2D eigenvalue weighted by molar-refractivity contribution is 0.0600. The van der Waals surface area contributed by atoms with Gasteiger partial charge in [-0.1, -0.05) is 18.2 Å². The zero-order chi connectivity index (χ0) is 19.2. The Hall–Kier alpha value is -3.59. The molecule has 1 heterocycles. The summed E-state index contributed by atoms with van der Waals surface area (Å²) >= 11 is 0. The fourth-order valence-electron chi connectivity index (χ4n) is 2.86. The molecule has 0 aliphatic heterocycles. The van der Waals surface area contributed by atoms with Crippen molar-refractivity contribution >= 4 is 22.7 Å². The summed E-state index contributed by atoms with van der Waals surface area (Å²) < 4.78 is 12.1. The summed E-state index contributed by atoms with van der Waals surface area (Å²) in [5, 5.41) is 9.65. The third-order valence-corrected chi connectivity index (χ3v) is 4.20. The van der Waals surface area contributed by atoms with Crippen LogP contribution in [0.2, 0.25) is 0 Å². The summed E-state index contributed by atoms with van der Waals surface area (Å²) in [6, 6.07) is 16.1. The van der Waals surface area contributed by atoms with Gasteiger partial charge in [0, 0.05) is 29.2 Å². The molecule has 0 spiro atoms. The Morgan fingerprint density at radius 3 is 2.56 bits per heavy atom. The number of aryl methyl sites for hydroxylation is 1. The number of rotatable bonds is 7. The van der Waals surface area contributed by atoms with Crippen molar-refractivity contribution < 1.29 is 19.1 Å². The summed E-state index contributed by atoms with van der Waals surface area (Å²) in [4.78, 5) is 24.1. The van der Waals surface area contributed by atoms with Gasteiger partial charge >= 0.3 is 5.97 Å². The summed E-state index contributed by atoms with van der Waals surface area (Å²) in [6.45, 7) is 0.407. The highest BCUT2D eigenvalue weighted by molar-refractivity contribution is 6.08. The van der Waals surface area contributed by atoms with Crippen LogP contribution in [-0.4, -0.2) is 30.0 Å². The van der Waals surface area contributed by atoms with Gasteiger partial charge in [-0.15, -0.1) is 0 Å². The Labute approximate surface area is 156 Å². The van der Waals surface area contributed by atoms with Crippen LogP contribution in [0.5, 0.6) is 5.75 Å². The molecule has 2 aromatic carbocycles. The van der Waals surface area contributed by atoms with E-state index in [1.54, 1.807) is 30.5 Å². The number of aromatic nitrogens is 1. The summed E-state index contributed by atoms with van der Waals surface area (Å²) in [5.41, 5.74) is 1.89. The average Bonchev–Trinajstić information content (AvgIpc) is 3.09. The molecule has 0 aliphatic carbocycles. The fourth-order valence-corrected chi connectivity index (χ4v) is 2.86. The number of Topliss-reactive ketones (excluding diaryl/α,β-unsaturated/α-hetero) is 1. The van der Waals surface area contributed by atoms with Crippen LogP contribution in [0.1, 0.15) is 27.1 Å². The van der Waals surface area contributed by atoms with Gasteiger partial charge in [0.2, 0.25) is 5.78 Å². The van der Waals surface area contributed by atoms with Crippen LogP contribution < -0.4 is 4.74 Å². The highest BCUT2D eigenvalue weighted by atomic mass is 16.5. The number of para-hydroxylation sites is 1. The van der Waals surface area contributed by atoms with Gasteiger partial charge in [0.15, 0.2) is 6.61 Å². The lowest BCUT2D eigenvalue weighted by Crippen LogP contribution is -2.11. The minimum Gasteiger partial charge on any atom is -0.485 e. The van der Waals surface area contributed by atoms with Crippen LogP contribution in [0.4, 0.5) is 0 Å². The lowest BCUT2D eigenvalue weighted by atomic mass is 10.1. The maximum Gasteiger partial charge on any atom is 0.337 e. The van der Waals surface area contributed by atoms with Gasteiger partial charge in [-0.2, -0.15) is 5.26 Å². The van der Waals surface area contributed by atoms with E-state index in [-0.39, 0.29) is 12.4 Å². The summed E-state index contributed by atoms with van der Waals surface area (Å²) in [5.74, 6) is -0.0917. The Morgan fingerprint density at radius 1 is 1.11 bits per heavy atom. The van der Waals surface area contributed by atoms with Crippen LogP contribution in [0, 0.1) is 11.3 Å². The third kappa shape index (κ3) is 3.98. The van der Waals surface area contributed by atoms with Crippen LogP contribution in [0.3, 0.4) is 0 Å². The molecule has 0 radical (unpaired) electrons. The SMILES string of the molecule is COC(=O)c1ccc(OCC(=O)c2cn(CCC#N)c3ccccc23)cc1. The monoisotopic (exact) mass is 362 g/mol. The predicted octanol–water partition coefficient (Wildman–Crippen LogP) is 3.60. The largest absolute Gasteiger partial charge is 0.485 e. The molecule has 3 rings (SSSR count). The molecule has 0 amide bonds. The van der Waals surface area contributed by atoms with Gasteiger partial charge in [-0.05, 0) is 30.3 Å². The van der Waals surface area contributed by atoms with Crippen LogP contribution in [0.15, 0.2) is 54.7 Å². The van der Waals surface area contributed by atoms with Crippen LogP contribution in [-0.2, 0) is 11.3 Å². The minimum absolute atomic E-state index is 0.121. The molecule has 1 aromatic heterocycles. The standard InChI is InChI=1S/C21H18N2O4/c1-26-21(25)15-7-9-16(10-8-15)27-14-20(24)18-13-23(12-4-11-22)19-6-3-2-5-17(18)19/h2-3,5-10,13H,4,12,14H2,1H3. The van der Waals surface area contributed by atoms with E-state index in [0.717, 1.165) is 10.9 Å². The molecule has 0 fully saturated rings. The van der Waals surface area contributed by atoms with Crippen molar-refractivity contribution in [2.24, 2.45) is 0 Å². The Balaban J connectivity index is 1.75. The van der Waals surface area contributed by atoms with Crippen molar-refractivity contribution in [3.8, 4) is 11.8 Å². The second kappa shape index (κ2) is 8.19. The quantitative estimate of drug-likeness (QED) is 0.474. The molecule has 0 N–H and O–H groups in total. The van der Waals surface area contributed by atoms with E-state index in [1.807, 2.05) is 28.8 Å². The first-order chi connectivity index (χ1) is 13.1. The topological polar surface area (TPSA) is 81.3 Å². The number of nitrogens with zero attached hydrogens (tertiary/aromatic N) is 2. The summed E-state index contributed by atoms with van der Waals surface area (Å²) in [7, 11) is 1.32. The van der Waals surface area contributed by atoms with Crippen LogP contribution >= 0.6 is 0 Å². The van der Waals surface area contributed by atoms with E-state index in [0.29, 0.717) is 29.8 Å². The molecule has 0 aliphatic rings. The van der Waals surface area contributed by atoms with Crippen molar-refractivity contribution in [2.75, 3.05) is 13.7 Å². The molecule has 27 heavy (non-hydrogen) atoms. The van der Waals surface area contributed by atoms with Gasteiger partial charge in [0.05, 0.1) is 25.2 Å². The number of benzene rings is 2. The first-order valence-electron chi connectivity index (χ1n) is 8.43. The molecular formula is C21H18N2O4. The normalized spacial score (nSPS) is 10.4. The van der Waals surface area contributed by atoms with E-state index in [1.165, 1.54) is 7.11 Å². The number of hydrogen-bond acceptors (Lipinski definition) is 5. The Morgan fingerprint density at radius 2 is 1.85 bits per heavy atom.